The first-order valence-corrected chi connectivity index (χ1v) is 18.8. The number of fused-ring (bicyclic) bond motifs is 1. The molecule has 0 bridgehead atoms. The van der Waals surface area contributed by atoms with Crippen molar-refractivity contribution in [2.45, 2.75) is 134 Å². The fourth-order valence-corrected chi connectivity index (χ4v) is 9.75. The molecule has 3 aliphatic carbocycles. The minimum absolute atomic E-state index is 0.0905. The molecule has 4 fully saturated rings. The molecule has 12 heteroatoms. The number of aliphatic hydroxyl groups excluding tert-OH is 1. The van der Waals surface area contributed by atoms with Crippen LogP contribution < -0.4 is 21.7 Å². The van der Waals surface area contributed by atoms with E-state index < -0.39 is 47.5 Å². The lowest BCUT2D eigenvalue weighted by Crippen LogP contribution is -2.65. The molecule has 3 saturated carbocycles. The van der Waals surface area contributed by atoms with Crippen molar-refractivity contribution >= 4 is 35.3 Å². The minimum Gasteiger partial charge on any atom is -0.365 e. The summed E-state index contributed by atoms with van der Waals surface area (Å²) >= 11 is 1.66. The van der Waals surface area contributed by atoms with Crippen LogP contribution in [0.1, 0.15) is 98.8 Å². The van der Waals surface area contributed by atoms with Gasteiger partial charge in [-0.05, 0) is 66.4 Å². The smallest absolute Gasteiger partial charge is 0.287 e. The van der Waals surface area contributed by atoms with Gasteiger partial charge < -0.3 is 21.1 Å². The van der Waals surface area contributed by atoms with E-state index in [4.69, 9.17) is 5.73 Å². The van der Waals surface area contributed by atoms with E-state index in [-0.39, 0.29) is 34.6 Å². The monoisotopic (exact) mass is 684 g/mol. The molecule has 4 unspecified atom stereocenters. The van der Waals surface area contributed by atoms with Crippen LogP contribution in [-0.2, 0) is 19.2 Å². The van der Waals surface area contributed by atoms with E-state index in [0.717, 1.165) is 68.6 Å². The molecule has 11 nitrogen and oxygen atoms in total. The molecule has 6 atom stereocenters. The molecule has 0 aromatic carbocycles. The van der Waals surface area contributed by atoms with Crippen LogP contribution in [0, 0.1) is 28.6 Å². The second kappa shape index (κ2) is 14.7. The number of pyridine rings is 1. The van der Waals surface area contributed by atoms with Crippen molar-refractivity contribution in [3.63, 3.8) is 0 Å². The highest BCUT2D eigenvalue weighted by molar-refractivity contribution is 7.99. The number of hydrogen-bond donors (Lipinski definition) is 5. The predicted octanol–water partition coefficient (Wildman–Crippen LogP) is 3.35. The summed E-state index contributed by atoms with van der Waals surface area (Å²) < 4.78 is 0. The average molecular weight is 685 g/mol. The highest BCUT2D eigenvalue weighted by atomic mass is 32.2. The molecule has 6 N–H and O–H groups in total. The van der Waals surface area contributed by atoms with Gasteiger partial charge in [0.05, 0.1) is 17.1 Å². The normalized spacial score (nSPS) is 26.7. The predicted molar refractivity (Wildman–Crippen MR) is 185 cm³/mol. The van der Waals surface area contributed by atoms with Crippen molar-refractivity contribution in [2.75, 3.05) is 12.3 Å². The minimum atomic E-state index is -1.16. The fraction of sp³-hybridized carbons (Fsp3) is 0.750. The topological polar surface area (TPSA) is 167 Å². The zero-order valence-electron chi connectivity index (χ0n) is 29.3. The third-order valence-corrected chi connectivity index (χ3v) is 12.6. The summed E-state index contributed by atoms with van der Waals surface area (Å²) in [6, 6.07) is 3.24. The van der Waals surface area contributed by atoms with Crippen LogP contribution in [0.3, 0.4) is 0 Å². The number of amides is 3. The van der Waals surface area contributed by atoms with Crippen LogP contribution in [-0.4, -0.2) is 80.8 Å². The maximum absolute atomic E-state index is 14.6. The van der Waals surface area contributed by atoms with Crippen LogP contribution in [0.2, 0.25) is 0 Å². The Morgan fingerprint density at radius 1 is 1.10 bits per heavy atom. The quantitative estimate of drug-likeness (QED) is 0.112. The van der Waals surface area contributed by atoms with Gasteiger partial charge >= 0.3 is 0 Å². The van der Waals surface area contributed by atoms with Gasteiger partial charge in [-0.1, -0.05) is 79.2 Å². The maximum atomic E-state index is 14.6. The SMILES string of the molecule is CC1(C)CC2CN(C(=O)[C@@H](NC(O)NC3(CSc4ccccn4)CCCCC3)C(C)(C)C)[C@H](C(=O)NC(CC3CCC3)C(=O)C(N)=O)C21. The first kappa shape index (κ1) is 36.7. The number of aromatic nitrogens is 1. The van der Waals surface area contributed by atoms with Crippen molar-refractivity contribution in [2.24, 2.45) is 34.3 Å². The van der Waals surface area contributed by atoms with Gasteiger partial charge in [-0.2, -0.15) is 0 Å². The molecule has 0 radical (unpaired) electrons. The molecular formula is C36H56N6O5S. The van der Waals surface area contributed by atoms with Crippen LogP contribution in [0.4, 0.5) is 0 Å². The van der Waals surface area contributed by atoms with E-state index in [1.54, 1.807) is 22.9 Å². The van der Waals surface area contributed by atoms with Crippen LogP contribution in [0.25, 0.3) is 0 Å². The maximum Gasteiger partial charge on any atom is 0.287 e. The van der Waals surface area contributed by atoms with Gasteiger partial charge in [0, 0.05) is 24.0 Å². The number of nitrogens with two attached hydrogens (primary N) is 1. The molecule has 48 heavy (non-hydrogen) atoms. The second-order valence-electron chi connectivity index (χ2n) is 16.5. The number of carbonyl (C=O) groups excluding carboxylic acids is 4. The van der Waals surface area contributed by atoms with Gasteiger partial charge in [-0.15, -0.1) is 11.8 Å². The number of Topliss-reactive ketones (excluding diaryl/α,β-unsaturated/α-hetero) is 1. The molecular weight excluding hydrogens is 629 g/mol. The number of nitrogens with one attached hydrogen (secondary N) is 3. The highest BCUT2D eigenvalue weighted by Crippen LogP contribution is 2.57. The number of rotatable bonds is 14. The Balaban J connectivity index is 1.33. The van der Waals surface area contributed by atoms with Crippen LogP contribution in [0.15, 0.2) is 29.4 Å². The molecule has 1 saturated heterocycles. The van der Waals surface area contributed by atoms with Crippen LogP contribution in [0.5, 0.6) is 0 Å². The Labute approximate surface area is 289 Å². The van der Waals surface area contributed by atoms with E-state index >= 15 is 0 Å². The van der Waals surface area contributed by atoms with Gasteiger partial charge in [0.25, 0.3) is 5.91 Å². The summed E-state index contributed by atoms with van der Waals surface area (Å²) in [7, 11) is 0. The lowest BCUT2D eigenvalue weighted by molar-refractivity contribution is -0.147. The summed E-state index contributed by atoms with van der Waals surface area (Å²) in [6.45, 7) is 10.5. The Hall–Kier alpha value is -2.54. The van der Waals surface area contributed by atoms with E-state index in [1.807, 2.05) is 39.0 Å². The third-order valence-electron chi connectivity index (χ3n) is 11.4. The van der Waals surface area contributed by atoms with E-state index in [2.05, 4.69) is 34.8 Å². The highest BCUT2D eigenvalue weighted by Gasteiger charge is 2.61. The zero-order valence-corrected chi connectivity index (χ0v) is 30.1. The van der Waals surface area contributed by atoms with Gasteiger partial charge in [0.1, 0.15) is 6.04 Å². The van der Waals surface area contributed by atoms with E-state index in [9.17, 15) is 24.3 Å². The number of ketones is 1. The fourth-order valence-electron chi connectivity index (χ4n) is 8.64. The standard InChI is InChI=1S/C36H56N6O5S/c1-34(2,3)29(40-33(47)41-36(15-8-6-9-16-36)21-48-25-14-7-10-17-38-25)32(46)42-20-23-19-35(4,5)26(23)27(42)31(45)39-24(28(43)30(37)44)18-22-12-11-13-22/h7,10,14,17,22-24,26-27,29,33,40-41,47H,6,8-9,11-13,15-16,18-21H2,1-5H3,(H2,37,44)(H,39,45)/t23?,24?,26?,27-,29+,33?/m0/s1. The summed E-state index contributed by atoms with van der Waals surface area (Å²) in [5.41, 5.74) is 4.28. The molecule has 266 valence electrons. The number of nitrogens with zero attached hydrogens (tertiary/aromatic N) is 2. The molecule has 2 heterocycles. The van der Waals surface area contributed by atoms with Gasteiger partial charge in [0.2, 0.25) is 17.6 Å². The lowest BCUT2D eigenvalue weighted by atomic mass is 9.55. The molecule has 5 rings (SSSR count). The van der Waals surface area contributed by atoms with Gasteiger partial charge in [-0.3, -0.25) is 29.8 Å². The number of primary amides is 1. The summed E-state index contributed by atoms with van der Waals surface area (Å²) in [5, 5.41) is 22.0. The van der Waals surface area contributed by atoms with E-state index in [0.29, 0.717) is 13.0 Å². The summed E-state index contributed by atoms with van der Waals surface area (Å²) in [6.07, 6.45) is 9.87. The summed E-state index contributed by atoms with van der Waals surface area (Å²) in [4.78, 5) is 59.6. The summed E-state index contributed by atoms with van der Waals surface area (Å²) in [5.74, 6) is -1.49. The largest absolute Gasteiger partial charge is 0.365 e. The number of hydrogen-bond acceptors (Lipinski definition) is 9. The second-order valence-corrected chi connectivity index (χ2v) is 17.5. The van der Waals surface area contributed by atoms with Gasteiger partial charge in [-0.25, -0.2) is 4.98 Å². The van der Waals surface area contributed by atoms with Crippen molar-refractivity contribution in [3.8, 4) is 0 Å². The third kappa shape index (κ3) is 8.25. The van der Waals surface area contributed by atoms with Crippen molar-refractivity contribution in [3.05, 3.63) is 24.4 Å². The Bertz CT molecular complexity index is 1330. The first-order valence-electron chi connectivity index (χ1n) is 17.8. The van der Waals surface area contributed by atoms with Crippen LogP contribution >= 0.6 is 11.8 Å². The molecule has 1 aliphatic heterocycles. The molecule has 1 aromatic rings. The Morgan fingerprint density at radius 3 is 2.38 bits per heavy atom. The zero-order chi connectivity index (χ0) is 34.9. The Morgan fingerprint density at radius 2 is 1.81 bits per heavy atom. The van der Waals surface area contributed by atoms with Crippen molar-refractivity contribution < 1.29 is 24.3 Å². The first-order chi connectivity index (χ1) is 22.6. The number of thioether (sulfide) groups is 1. The molecule has 4 aliphatic rings. The number of likely N-dealkylation sites (tertiary alicyclic amines) is 1. The Kier molecular flexibility index (Phi) is 11.3. The van der Waals surface area contributed by atoms with Crippen molar-refractivity contribution in [1.82, 2.24) is 25.8 Å². The molecule has 0 spiro atoms. The molecule has 3 amide bonds. The number of aliphatic hydroxyl groups is 1. The lowest BCUT2D eigenvalue weighted by Gasteiger charge is -2.49. The average Bonchev–Trinajstić information content (AvgIpc) is 3.34. The van der Waals surface area contributed by atoms with Gasteiger partial charge in [0.15, 0.2) is 6.35 Å². The molecule has 1 aromatic heterocycles. The number of carbonyl (C=O) groups is 4. The van der Waals surface area contributed by atoms with E-state index in [1.165, 1.54) is 0 Å². The van der Waals surface area contributed by atoms with Crippen molar-refractivity contribution in [1.29, 1.82) is 0 Å².